The average Bonchev–Trinajstić information content (AvgIpc) is 3.01. The lowest BCUT2D eigenvalue weighted by Crippen LogP contribution is -2.50. The minimum atomic E-state index is -0.257. The van der Waals surface area contributed by atoms with Gasteiger partial charge in [0.15, 0.2) is 0 Å². The number of benzene rings is 1. The van der Waals surface area contributed by atoms with Gasteiger partial charge in [-0.05, 0) is 31.9 Å². The van der Waals surface area contributed by atoms with Crippen molar-refractivity contribution in [1.29, 1.82) is 0 Å². The zero-order chi connectivity index (χ0) is 19.9. The number of rotatable bonds is 6. The number of methoxy groups -OCH3 is 1. The van der Waals surface area contributed by atoms with Crippen molar-refractivity contribution in [3.05, 3.63) is 29.8 Å². The summed E-state index contributed by atoms with van der Waals surface area (Å²) in [7, 11) is 1.65. The normalized spacial score (nSPS) is 23.4. The summed E-state index contributed by atoms with van der Waals surface area (Å²) in [6.07, 6.45) is 3.96. The van der Waals surface area contributed by atoms with E-state index in [1.54, 1.807) is 7.11 Å². The van der Waals surface area contributed by atoms with Gasteiger partial charge in [0, 0.05) is 38.2 Å². The van der Waals surface area contributed by atoms with Gasteiger partial charge >= 0.3 is 0 Å². The van der Waals surface area contributed by atoms with Gasteiger partial charge in [-0.1, -0.05) is 31.5 Å². The van der Waals surface area contributed by atoms with Crippen LogP contribution in [0.15, 0.2) is 24.3 Å². The van der Waals surface area contributed by atoms with Gasteiger partial charge in [-0.25, -0.2) is 0 Å². The number of nitrogens with zero attached hydrogens (tertiary/aromatic N) is 2. The van der Waals surface area contributed by atoms with Crippen LogP contribution in [0.3, 0.4) is 0 Å². The van der Waals surface area contributed by atoms with Gasteiger partial charge in [-0.3, -0.25) is 9.59 Å². The van der Waals surface area contributed by atoms with E-state index in [-0.39, 0.29) is 23.8 Å². The third kappa shape index (κ3) is 4.49. The highest BCUT2D eigenvalue weighted by molar-refractivity contribution is 5.85. The largest absolute Gasteiger partial charge is 0.496 e. The summed E-state index contributed by atoms with van der Waals surface area (Å²) in [4.78, 5) is 30.3. The number of ether oxygens (including phenoxy) is 1. The van der Waals surface area contributed by atoms with Crippen LogP contribution in [0, 0.1) is 5.92 Å². The first-order chi connectivity index (χ1) is 13.7. The standard InChI is InChI=1S/C22H33N3O3/c1-3-4-15-25-20(26)11-10-18(22(27)24-14-7-12-23-13-16-24)21(25)17-8-5-6-9-19(17)28-2/h5-6,8-9,18,21,23H,3-4,7,10-16H2,1-2H3/t18-,21-/m1/s1. The van der Waals surface area contributed by atoms with Crippen LogP contribution in [0.1, 0.15) is 50.6 Å². The number of likely N-dealkylation sites (tertiary alicyclic amines) is 1. The molecule has 2 aliphatic heterocycles. The fraction of sp³-hybridized carbons (Fsp3) is 0.636. The average molecular weight is 388 g/mol. The zero-order valence-electron chi connectivity index (χ0n) is 17.2. The van der Waals surface area contributed by atoms with Crippen molar-refractivity contribution >= 4 is 11.8 Å². The monoisotopic (exact) mass is 387 g/mol. The lowest BCUT2D eigenvalue weighted by Gasteiger charge is -2.42. The molecule has 0 aromatic heterocycles. The third-order valence-electron chi connectivity index (χ3n) is 5.89. The maximum atomic E-state index is 13.5. The van der Waals surface area contributed by atoms with Gasteiger partial charge in [0.1, 0.15) is 5.75 Å². The lowest BCUT2D eigenvalue weighted by atomic mass is 9.82. The van der Waals surface area contributed by atoms with Crippen molar-refractivity contribution in [2.75, 3.05) is 39.8 Å². The number of para-hydroxylation sites is 1. The second-order valence-corrected chi connectivity index (χ2v) is 7.70. The number of amides is 2. The summed E-state index contributed by atoms with van der Waals surface area (Å²) >= 11 is 0. The molecule has 2 fully saturated rings. The van der Waals surface area contributed by atoms with E-state index in [4.69, 9.17) is 4.74 Å². The third-order valence-corrected chi connectivity index (χ3v) is 5.89. The summed E-state index contributed by atoms with van der Waals surface area (Å²) in [5.41, 5.74) is 0.945. The van der Waals surface area contributed by atoms with Crippen molar-refractivity contribution in [3.63, 3.8) is 0 Å². The van der Waals surface area contributed by atoms with Crippen LogP contribution in [-0.2, 0) is 9.59 Å². The molecule has 0 bridgehead atoms. The van der Waals surface area contributed by atoms with Crippen LogP contribution in [0.2, 0.25) is 0 Å². The molecule has 6 nitrogen and oxygen atoms in total. The van der Waals surface area contributed by atoms with E-state index < -0.39 is 0 Å². The number of hydrogen-bond acceptors (Lipinski definition) is 4. The number of carbonyl (C=O) groups is 2. The van der Waals surface area contributed by atoms with Gasteiger partial charge < -0.3 is 19.9 Å². The van der Waals surface area contributed by atoms with E-state index in [1.165, 1.54) is 0 Å². The quantitative estimate of drug-likeness (QED) is 0.815. The van der Waals surface area contributed by atoms with Crippen molar-refractivity contribution < 1.29 is 14.3 Å². The Bertz CT molecular complexity index is 671. The minimum Gasteiger partial charge on any atom is -0.496 e. The molecule has 0 saturated carbocycles. The molecule has 0 spiro atoms. The van der Waals surface area contributed by atoms with Crippen molar-refractivity contribution in [2.24, 2.45) is 5.92 Å². The van der Waals surface area contributed by atoms with Gasteiger partial charge in [-0.2, -0.15) is 0 Å². The molecule has 3 rings (SSSR count). The van der Waals surface area contributed by atoms with Crippen molar-refractivity contribution in [1.82, 2.24) is 15.1 Å². The Hall–Kier alpha value is -2.08. The molecule has 1 N–H and O–H groups in total. The van der Waals surface area contributed by atoms with E-state index >= 15 is 0 Å². The van der Waals surface area contributed by atoms with Gasteiger partial charge in [-0.15, -0.1) is 0 Å². The van der Waals surface area contributed by atoms with Gasteiger partial charge in [0.05, 0.1) is 19.1 Å². The molecule has 28 heavy (non-hydrogen) atoms. The van der Waals surface area contributed by atoms with Gasteiger partial charge in [0.25, 0.3) is 0 Å². The molecule has 2 heterocycles. The van der Waals surface area contributed by atoms with Crippen molar-refractivity contribution in [2.45, 2.75) is 45.1 Å². The van der Waals surface area contributed by atoms with Crippen LogP contribution in [0.4, 0.5) is 0 Å². The first kappa shape index (κ1) is 20.6. The second-order valence-electron chi connectivity index (χ2n) is 7.70. The zero-order valence-corrected chi connectivity index (χ0v) is 17.2. The number of hydrogen-bond donors (Lipinski definition) is 1. The molecule has 2 amide bonds. The maximum absolute atomic E-state index is 13.5. The summed E-state index contributed by atoms with van der Waals surface area (Å²) in [6.45, 7) is 6.10. The smallest absolute Gasteiger partial charge is 0.228 e. The molecular weight excluding hydrogens is 354 g/mol. The fourth-order valence-corrected chi connectivity index (χ4v) is 4.40. The molecule has 154 valence electrons. The van der Waals surface area contributed by atoms with Crippen LogP contribution in [-0.4, -0.2) is 61.4 Å². The van der Waals surface area contributed by atoms with Crippen LogP contribution < -0.4 is 10.1 Å². The molecule has 0 radical (unpaired) electrons. The predicted molar refractivity (Wildman–Crippen MR) is 109 cm³/mol. The van der Waals surface area contributed by atoms with Crippen molar-refractivity contribution in [3.8, 4) is 5.75 Å². The second kappa shape index (κ2) is 9.92. The van der Waals surface area contributed by atoms with E-state index in [9.17, 15) is 9.59 Å². The first-order valence-corrected chi connectivity index (χ1v) is 10.6. The molecule has 1 aromatic carbocycles. The Labute approximate surface area is 168 Å². The Kier molecular flexibility index (Phi) is 7.31. The molecular formula is C22H33N3O3. The molecule has 2 aliphatic rings. The van der Waals surface area contributed by atoms with E-state index in [0.717, 1.165) is 56.8 Å². The Morgan fingerprint density at radius 2 is 2.07 bits per heavy atom. The molecule has 6 heteroatoms. The van der Waals surface area contributed by atoms with E-state index in [1.807, 2.05) is 34.1 Å². The highest BCUT2D eigenvalue weighted by Crippen LogP contribution is 2.41. The summed E-state index contributed by atoms with van der Waals surface area (Å²) in [6, 6.07) is 7.56. The minimum absolute atomic E-state index is 0.144. The highest BCUT2D eigenvalue weighted by Gasteiger charge is 2.42. The number of unbranched alkanes of at least 4 members (excludes halogenated alkanes) is 1. The Morgan fingerprint density at radius 1 is 1.25 bits per heavy atom. The molecule has 0 unspecified atom stereocenters. The topological polar surface area (TPSA) is 61.9 Å². The molecule has 0 aliphatic carbocycles. The Balaban J connectivity index is 1.95. The number of nitrogens with one attached hydrogen (secondary N) is 1. The summed E-state index contributed by atoms with van der Waals surface area (Å²) in [5, 5.41) is 3.36. The first-order valence-electron chi connectivity index (χ1n) is 10.6. The summed E-state index contributed by atoms with van der Waals surface area (Å²) < 4.78 is 5.61. The van der Waals surface area contributed by atoms with Crippen LogP contribution >= 0.6 is 0 Å². The predicted octanol–water partition coefficient (Wildman–Crippen LogP) is 2.60. The van der Waals surface area contributed by atoms with E-state index in [0.29, 0.717) is 19.4 Å². The number of carbonyl (C=O) groups excluding carboxylic acids is 2. The summed E-state index contributed by atoms with van der Waals surface area (Å²) in [5.74, 6) is 0.850. The lowest BCUT2D eigenvalue weighted by molar-refractivity contribution is -0.148. The molecule has 2 saturated heterocycles. The fourth-order valence-electron chi connectivity index (χ4n) is 4.40. The molecule has 1 aromatic rings. The van der Waals surface area contributed by atoms with E-state index in [2.05, 4.69) is 12.2 Å². The highest BCUT2D eigenvalue weighted by atomic mass is 16.5. The van der Waals surface area contributed by atoms with Crippen LogP contribution in [0.25, 0.3) is 0 Å². The SMILES string of the molecule is CCCCN1C(=O)CC[C@@H](C(=O)N2CCCNCC2)[C@H]1c1ccccc1OC. The Morgan fingerprint density at radius 3 is 2.86 bits per heavy atom. The molecule has 2 atom stereocenters. The van der Waals surface area contributed by atoms with Crippen LogP contribution in [0.5, 0.6) is 5.75 Å². The number of piperidine rings is 1. The maximum Gasteiger partial charge on any atom is 0.228 e. The van der Waals surface area contributed by atoms with Gasteiger partial charge in [0.2, 0.25) is 11.8 Å².